The van der Waals surface area contributed by atoms with Crippen molar-refractivity contribution in [3.05, 3.63) is 0 Å². The first-order chi connectivity index (χ1) is 10.1. The fourth-order valence-corrected chi connectivity index (χ4v) is 4.10. The molecule has 3 rings (SSSR count). The fraction of sp³-hybridized carbons (Fsp3) is 0.938. The summed E-state index contributed by atoms with van der Waals surface area (Å²) in [6.45, 7) is 4.30. The summed E-state index contributed by atoms with van der Waals surface area (Å²) in [5.41, 5.74) is -1.29. The van der Waals surface area contributed by atoms with Gasteiger partial charge in [0.25, 0.3) is 5.91 Å². The van der Waals surface area contributed by atoms with Gasteiger partial charge in [0.1, 0.15) is 0 Å². The number of carbonyl (C=O) groups excluding carboxylic acids is 1. The number of rotatable bonds is 4. The van der Waals surface area contributed by atoms with E-state index in [1.165, 1.54) is 12.8 Å². The third-order valence-corrected chi connectivity index (χ3v) is 5.58. The predicted molar refractivity (Wildman–Crippen MR) is 78.9 cm³/mol. The lowest BCUT2D eigenvalue weighted by Gasteiger charge is -2.38. The zero-order valence-electron chi connectivity index (χ0n) is 13.1. The van der Waals surface area contributed by atoms with Crippen LogP contribution >= 0.6 is 0 Å². The Kier molecular flexibility index (Phi) is 4.23. The highest BCUT2D eigenvalue weighted by molar-refractivity contribution is 5.88. The largest absolute Gasteiger partial charge is 0.383 e. The molecule has 2 heterocycles. The molecule has 0 radical (unpaired) electrons. The van der Waals surface area contributed by atoms with E-state index in [1.54, 1.807) is 12.0 Å². The Balaban J connectivity index is 1.63. The summed E-state index contributed by atoms with van der Waals surface area (Å²) in [7, 11) is 1.74. The molecule has 0 aromatic rings. The number of hydrogen-bond acceptors (Lipinski definition) is 3. The third kappa shape index (κ3) is 2.95. The number of alkyl halides is 1. The van der Waals surface area contributed by atoms with E-state index in [2.05, 4.69) is 4.90 Å². The van der Waals surface area contributed by atoms with Crippen molar-refractivity contribution in [3.8, 4) is 0 Å². The predicted octanol–water partition coefficient (Wildman–Crippen LogP) is 1.98. The van der Waals surface area contributed by atoms with E-state index >= 15 is 0 Å². The van der Waals surface area contributed by atoms with E-state index in [0.29, 0.717) is 19.4 Å². The Morgan fingerprint density at radius 1 is 1.10 bits per heavy atom. The molecule has 5 heteroatoms. The second-order valence-corrected chi connectivity index (χ2v) is 6.92. The lowest BCUT2D eigenvalue weighted by Crippen LogP contribution is -2.46. The molecular weight excluding hydrogens is 271 g/mol. The Bertz CT molecular complexity index is 400. The minimum atomic E-state index is -1.51. The summed E-state index contributed by atoms with van der Waals surface area (Å²) in [5.74, 6) is -0.249. The smallest absolute Gasteiger partial charge is 0.260 e. The number of ether oxygens (including phenoxy) is 1. The van der Waals surface area contributed by atoms with Crippen LogP contribution in [-0.2, 0) is 9.53 Å². The standard InChI is InChI=1S/C16H27FN2O2/c1-21-13-12-19-10-3-5-15(19)4-2-9-18(11-8-15)14(20)16(17)6-7-16/h2-13H2,1H3. The molecule has 1 aliphatic carbocycles. The molecule has 0 N–H and O–H groups in total. The SMILES string of the molecule is COCCN1CCCC12CCCN(C(=O)C1(F)CC1)CC2. The molecule has 1 amide bonds. The van der Waals surface area contributed by atoms with E-state index in [9.17, 15) is 9.18 Å². The van der Waals surface area contributed by atoms with Crippen LogP contribution in [0.25, 0.3) is 0 Å². The van der Waals surface area contributed by atoms with Crippen molar-refractivity contribution >= 4 is 5.91 Å². The van der Waals surface area contributed by atoms with Gasteiger partial charge in [-0.15, -0.1) is 0 Å². The van der Waals surface area contributed by atoms with Gasteiger partial charge in [-0.3, -0.25) is 9.69 Å². The molecule has 21 heavy (non-hydrogen) atoms. The first-order valence-corrected chi connectivity index (χ1v) is 8.32. The van der Waals surface area contributed by atoms with Crippen molar-refractivity contribution in [2.24, 2.45) is 0 Å². The van der Waals surface area contributed by atoms with Crippen molar-refractivity contribution < 1.29 is 13.9 Å². The van der Waals surface area contributed by atoms with E-state index < -0.39 is 5.67 Å². The summed E-state index contributed by atoms with van der Waals surface area (Å²) in [6.07, 6.45) is 6.38. The van der Waals surface area contributed by atoms with Crippen molar-refractivity contribution in [2.75, 3.05) is 39.9 Å². The van der Waals surface area contributed by atoms with Crippen LogP contribution in [0.1, 0.15) is 44.9 Å². The van der Waals surface area contributed by atoms with Gasteiger partial charge < -0.3 is 9.64 Å². The number of nitrogens with zero attached hydrogens (tertiary/aromatic N) is 2. The van der Waals surface area contributed by atoms with Gasteiger partial charge in [-0.2, -0.15) is 0 Å². The average Bonchev–Trinajstić information content (AvgIpc) is 3.16. The van der Waals surface area contributed by atoms with Gasteiger partial charge in [0.2, 0.25) is 0 Å². The van der Waals surface area contributed by atoms with Crippen molar-refractivity contribution in [1.82, 2.24) is 9.80 Å². The summed E-state index contributed by atoms with van der Waals surface area (Å²) in [6, 6.07) is 0. The molecule has 1 atom stereocenters. The van der Waals surface area contributed by atoms with Crippen molar-refractivity contribution in [3.63, 3.8) is 0 Å². The lowest BCUT2D eigenvalue weighted by molar-refractivity contribution is -0.138. The Labute approximate surface area is 126 Å². The molecule has 2 saturated heterocycles. The van der Waals surface area contributed by atoms with Crippen LogP contribution < -0.4 is 0 Å². The minimum absolute atomic E-state index is 0.223. The first kappa shape index (κ1) is 15.2. The molecule has 1 saturated carbocycles. The number of likely N-dealkylation sites (tertiary alicyclic amines) is 2. The van der Waals surface area contributed by atoms with Crippen molar-refractivity contribution in [1.29, 1.82) is 0 Å². The normalized spacial score (nSPS) is 32.4. The molecule has 3 aliphatic rings. The van der Waals surface area contributed by atoms with Gasteiger partial charge in [0, 0.05) is 32.3 Å². The van der Waals surface area contributed by atoms with E-state index in [-0.39, 0.29) is 11.4 Å². The van der Waals surface area contributed by atoms with Crippen LogP contribution in [0.3, 0.4) is 0 Å². The number of halogens is 1. The van der Waals surface area contributed by atoms with Gasteiger partial charge in [-0.05, 0) is 51.5 Å². The fourth-order valence-electron chi connectivity index (χ4n) is 4.10. The Hall–Kier alpha value is -0.680. The van der Waals surface area contributed by atoms with Gasteiger partial charge >= 0.3 is 0 Å². The Morgan fingerprint density at radius 3 is 2.48 bits per heavy atom. The molecule has 0 aromatic heterocycles. The molecule has 0 bridgehead atoms. The zero-order chi connectivity index (χ0) is 14.9. The highest BCUT2D eigenvalue weighted by Crippen LogP contribution is 2.43. The monoisotopic (exact) mass is 298 g/mol. The second-order valence-electron chi connectivity index (χ2n) is 6.92. The molecule has 4 nitrogen and oxygen atoms in total. The maximum atomic E-state index is 14.0. The quantitative estimate of drug-likeness (QED) is 0.795. The molecule has 0 aromatic carbocycles. The number of carbonyl (C=O) groups is 1. The summed E-state index contributed by atoms with van der Waals surface area (Å²) >= 11 is 0. The second kappa shape index (κ2) is 5.84. The van der Waals surface area contributed by atoms with Crippen LogP contribution in [0.4, 0.5) is 4.39 Å². The Morgan fingerprint density at radius 2 is 1.81 bits per heavy atom. The lowest BCUT2D eigenvalue weighted by atomic mass is 9.88. The highest BCUT2D eigenvalue weighted by Gasteiger charge is 2.53. The van der Waals surface area contributed by atoms with Gasteiger partial charge in [0.05, 0.1) is 6.61 Å². The van der Waals surface area contributed by atoms with Crippen LogP contribution in [0.15, 0.2) is 0 Å². The first-order valence-electron chi connectivity index (χ1n) is 8.32. The molecule has 1 unspecified atom stereocenters. The number of amides is 1. The van der Waals surface area contributed by atoms with Crippen LogP contribution in [0, 0.1) is 0 Å². The van der Waals surface area contributed by atoms with Crippen LogP contribution in [-0.4, -0.2) is 66.8 Å². The van der Waals surface area contributed by atoms with Crippen molar-refractivity contribution in [2.45, 2.75) is 56.2 Å². The van der Waals surface area contributed by atoms with E-state index in [0.717, 1.165) is 45.5 Å². The summed E-state index contributed by atoms with van der Waals surface area (Å²) in [5, 5.41) is 0. The third-order valence-electron chi connectivity index (χ3n) is 5.58. The van der Waals surface area contributed by atoms with Crippen LogP contribution in [0.2, 0.25) is 0 Å². The average molecular weight is 298 g/mol. The molecular formula is C16H27FN2O2. The topological polar surface area (TPSA) is 32.8 Å². The van der Waals surface area contributed by atoms with Crippen LogP contribution in [0.5, 0.6) is 0 Å². The maximum Gasteiger partial charge on any atom is 0.260 e. The minimum Gasteiger partial charge on any atom is -0.383 e. The van der Waals surface area contributed by atoms with Gasteiger partial charge in [-0.25, -0.2) is 4.39 Å². The molecule has 2 aliphatic heterocycles. The van der Waals surface area contributed by atoms with E-state index in [1.807, 2.05) is 0 Å². The number of hydrogen-bond donors (Lipinski definition) is 0. The maximum absolute atomic E-state index is 14.0. The highest BCUT2D eigenvalue weighted by atomic mass is 19.1. The molecule has 120 valence electrons. The van der Waals surface area contributed by atoms with E-state index in [4.69, 9.17) is 4.74 Å². The number of methoxy groups -OCH3 is 1. The van der Waals surface area contributed by atoms with Gasteiger partial charge in [-0.1, -0.05) is 0 Å². The summed E-state index contributed by atoms with van der Waals surface area (Å²) in [4.78, 5) is 16.5. The zero-order valence-corrected chi connectivity index (χ0v) is 13.1. The molecule has 3 fully saturated rings. The van der Waals surface area contributed by atoms with Gasteiger partial charge in [0.15, 0.2) is 5.67 Å². The molecule has 1 spiro atoms. The summed E-state index contributed by atoms with van der Waals surface area (Å²) < 4.78 is 19.2.